The summed E-state index contributed by atoms with van der Waals surface area (Å²) in [5.41, 5.74) is 3.69. The molecule has 4 heterocycles. The number of likely N-dealkylation sites (tertiary alicyclic amines) is 2. The van der Waals surface area contributed by atoms with Crippen LogP contribution in [-0.2, 0) is 6.54 Å². The molecule has 0 spiro atoms. The number of halogens is 1. The largest absolute Gasteiger partial charge is 0.311 e. The Hall–Kier alpha value is -1.88. The number of rotatable bonds is 3. The summed E-state index contributed by atoms with van der Waals surface area (Å²) in [6, 6.07) is 12.3. The van der Waals surface area contributed by atoms with Crippen LogP contribution in [0.3, 0.4) is 0 Å². The first-order valence-electron chi connectivity index (χ1n) is 11.2. The van der Waals surface area contributed by atoms with Gasteiger partial charge in [-0.1, -0.05) is 35.9 Å². The summed E-state index contributed by atoms with van der Waals surface area (Å²) in [4.78, 5) is 17.9. The van der Waals surface area contributed by atoms with Crippen molar-refractivity contribution in [1.82, 2.24) is 14.4 Å². The normalized spacial score (nSPS) is 25.5. The second-order valence-electron chi connectivity index (χ2n) is 9.29. The molecule has 0 saturated carbocycles. The van der Waals surface area contributed by atoms with Crippen LogP contribution in [0.2, 0.25) is 5.02 Å². The Labute approximate surface area is 183 Å². The Morgan fingerprint density at radius 2 is 1.73 bits per heavy atom. The van der Waals surface area contributed by atoms with Crippen molar-refractivity contribution in [2.75, 3.05) is 33.2 Å². The smallest absolute Gasteiger partial charge is 0.250 e. The molecule has 5 heteroatoms. The van der Waals surface area contributed by atoms with Crippen molar-refractivity contribution >= 4 is 23.8 Å². The third kappa shape index (κ3) is 4.01. The number of piperidine rings is 2. The lowest BCUT2D eigenvalue weighted by Crippen LogP contribution is -2.53. The van der Waals surface area contributed by atoms with Crippen molar-refractivity contribution in [3.63, 3.8) is 0 Å². The number of hydrogen-bond donors (Lipinski definition) is 0. The minimum Gasteiger partial charge on any atom is -0.311 e. The molecule has 2 fully saturated rings. The van der Waals surface area contributed by atoms with Crippen molar-refractivity contribution in [2.24, 2.45) is 5.92 Å². The summed E-state index contributed by atoms with van der Waals surface area (Å²) in [6.45, 7) is 5.47. The zero-order valence-electron chi connectivity index (χ0n) is 17.6. The van der Waals surface area contributed by atoms with E-state index in [0.29, 0.717) is 17.9 Å². The van der Waals surface area contributed by atoms with Gasteiger partial charge >= 0.3 is 0 Å². The molecule has 0 unspecified atom stereocenters. The number of hydrogen-bond acceptors (Lipinski definition) is 3. The topological polar surface area (TPSA) is 28.5 Å². The molecule has 1 aromatic heterocycles. The highest BCUT2D eigenvalue weighted by atomic mass is 35.5. The minimum atomic E-state index is 0.149. The van der Waals surface area contributed by atoms with Gasteiger partial charge in [-0.05, 0) is 74.6 Å². The number of pyridine rings is 1. The second kappa shape index (κ2) is 8.33. The molecule has 2 atom stereocenters. The van der Waals surface area contributed by atoms with Crippen LogP contribution in [0.1, 0.15) is 42.0 Å². The van der Waals surface area contributed by atoms with E-state index in [1.54, 1.807) is 6.07 Å². The molecule has 1 aromatic carbocycles. The molecule has 5 rings (SSSR count). The number of aromatic nitrogens is 1. The van der Waals surface area contributed by atoms with Gasteiger partial charge in [0.25, 0.3) is 5.56 Å². The SMILES string of the molecule is CN1CCC(N2C[C@H]3C[C@H](C2)c2c(C=Cc4ccc(Cl)cc4)ccc(=O)n2C3)CC1. The molecule has 0 amide bonds. The summed E-state index contributed by atoms with van der Waals surface area (Å²) in [7, 11) is 2.23. The first-order chi connectivity index (χ1) is 14.6. The van der Waals surface area contributed by atoms with E-state index in [9.17, 15) is 4.79 Å². The molecule has 158 valence electrons. The van der Waals surface area contributed by atoms with Gasteiger partial charge in [-0.2, -0.15) is 0 Å². The van der Waals surface area contributed by atoms with E-state index in [0.717, 1.165) is 30.2 Å². The molecule has 0 aliphatic carbocycles. The minimum absolute atomic E-state index is 0.149. The lowest BCUT2D eigenvalue weighted by molar-refractivity contribution is 0.0516. The Kier molecular flexibility index (Phi) is 5.57. The molecular formula is C25H30ClN3O. The Bertz CT molecular complexity index is 988. The van der Waals surface area contributed by atoms with Crippen LogP contribution in [0.5, 0.6) is 0 Å². The first-order valence-corrected chi connectivity index (χ1v) is 11.5. The van der Waals surface area contributed by atoms with E-state index in [1.165, 1.54) is 43.6 Å². The van der Waals surface area contributed by atoms with E-state index < -0.39 is 0 Å². The fraction of sp³-hybridized carbons (Fsp3) is 0.480. The van der Waals surface area contributed by atoms with Crippen LogP contribution in [0.25, 0.3) is 12.2 Å². The molecule has 0 N–H and O–H groups in total. The average Bonchev–Trinajstić information content (AvgIpc) is 2.75. The van der Waals surface area contributed by atoms with E-state index in [1.807, 2.05) is 30.3 Å². The van der Waals surface area contributed by atoms with Gasteiger partial charge in [0.05, 0.1) is 0 Å². The van der Waals surface area contributed by atoms with Crippen molar-refractivity contribution in [1.29, 1.82) is 0 Å². The summed E-state index contributed by atoms with van der Waals surface area (Å²) in [5, 5.41) is 0.748. The maximum atomic E-state index is 12.7. The molecule has 3 aliphatic heterocycles. The molecule has 2 saturated heterocycles. The fourth-order valence-corrected chi connectivity index (χ4v) is 5.77. The van der Waals surface area contributed by atoms with Crippen LogP contribution >= 0.6 is 11.6 Å². The second-order valence-corrected chi connectivity index (χ2v) is 9.73. The van der Waals surface area contributed by atoms with Gasteiger partial charge in [0, 0.05) is 48.4 Å². The molecule has 3 aliphatic rings. The van der Waals surface area contributed by atoms with E-state index in [4.69, 9.17) is 11.6 Å². The quantitative estimate of drug-likeness (QED) is 0.741. The molecule has 4 nitrogen and oxygen atoms in total. The first kappa shape index (κ1) is 20.0. The zero-order chi connectivity index (χ0) is 20.7. The Morgan fingerprint density at radius 3 is 2.50 bits per heavy atom. The van der Waals surface area contributed by atoms with Gasteiger partial charge in [-0.15, -0.1) is 0 Å². The van der Waals surface area contributed by atoms with Crippen molar-refractivity contribution in [3.8, 4) is 0 Å². The van der Waals surface area contributed by atoms with Gasteiger partial charge in [0.2, 0.25) is 0 Å². The Balaban J connectivity index is 1.43. The fourth-order valence-electron chi connectivity index (χ4n) is 5.64. The van der Waals surface area contributed by atoms with Crippen LogP contribution in [-0.4, -0.2) is 53.6 Å². The van der Waals surface area contributed by atoms with Crippen LogP contribution in [0.4, 0.5) is 0 Å². The van der Waals surface area contributed by atoms with Crippen LogP contribution in [0.15, 0.2) is 41.2 Å². The third-order valence-corrected chi connectivity index (χ3v) is 7.43. The van der Waals surface area contributed by atoms with Crippen molar-refractivity contribution < 1.29 is 0 Å². The number of nitrogens with zero attached hydrogens (tertiary/aromatic N) is 3. The summed E-state index contributed by atoms with van der Waals surface area (Å²) in [6.07, 6.45) is 8.03. The molecule has 30 heavy (non-hydrogen) atoms. The lowest BCUT2D eigenvalue weighted by Gasteiger charge is -2.47. The van der Waals surface area contributed by atoms with Gasteiger partial charge in [-0.25, -0.2) is 0 Å². The van der Waals surface area contributed by atoms with Crippen LogP contribution < -0.4 is 5.56 Å². The van der Waals surface area contributed by atoms with Gasteiger partial charge < -0.3 is 9.47 Å². The summed E-state index contributed by atoms with van der Waals surface area (Å²) in [5.74, 6) is 1.03. The zero-order valence-corrected chi connectivity index (χ0v) is 18.4. The summed E-state index contributed by atoms with van der Waals surface area (Å²) < 4.78 is 2.06. The lowest BCUT2D eigenvalue weighted by atomic mass is 9.80. The average molecular weight is 424 g/mol. The van der Waals surface area contributed by atoms with Crippen molar-refractivity contribution in [2.45, 2.75) is 37.8 Å². The predicted octanol–water partition coefficient (Wildman–Crippen LogP) is 4.19. The number of benzene rings is 1. The molecule has 2 aromatic rings. The number of fused-ring (bicyclic) bond motifs is 4. The van der Waals surface area contributed by atoms with Gasteiger partial charge in [-0.3, -0.25) is 9.69 Å². The third-order valence-electron chi connectivity index (χ3n) is 7.18. The highest BCUT2D eigenvalue weighted by Crippen LogP contribution is 2.38. The standard InChI is InChI=1S/C25H30ClN3O/c1-27-12-10-23(11-13-27)28-15-19-14-21(17-28)25-20(6-9-24(30)29(25)16-19)5-2-18-3-7-22(26)8-4-18/h2-9,19,21,23H,10-17H2,1H3/t19-,21-/m1/s1. The summed E-state index contributed by atoms with van der Waals surface area (Å²) >= 11 is 6.02. The Morgan fingerprint density at radius 1 is 0.967 bits per heavy atom. The molecule has 2 bridgehead atoms. The van der Waals surface area contributed by atoms with E-state index in [-0.39, 0.29) is 5.56 Å². The van der Waals surface area contributed by atoms with E-state index >= 15 is 0 Å². The maximum Gasteiger partial charge on any atom is 0.250 e. The predicted molar refractivity (Wildman–Crippen MR) is 124 cm³/mol. The highest BCUT2D eigenvalue weighted by molar-refractivity contribution is 6.30. The maximum absolute atomic E-state index is 12.7. The highest BCUT2D eigenvalue weighted by Gasteiger charge is 2.38. The molecule has 0 radical (unpaired) electrons. The molecular weight excluding hydrogens is 394 g/mol. The monoisotopic (exact) mass is 423 g/mol. The van der Waals surface area contributed by atoms with Crippen LogP contribution in [0, 0.1) is 5.92 Å². The van der Waals surface area contributed by atoms with Crippen molar-refractivity contribution in [3.05, 3.63) is 68.6 Å². The van der Waals surface area contributed by atoms with Gasteiger partial charge in [0.1, 0.15) is 0 Å². The van der Waals surface area contributed by atoms with E-state index in [2.05, 4.69) is 33.6 Å². The van der Waals surface area contributed by atoms with Gasteiger partial charge in [0.15, 0.2) is 0 Å².